The molecule has 0 aliphatic carbocycles. The van der Waals surface area contributed by atoms with Gasteiger partial charge in [-0.05, 0) is 24.6 Å². The highest BCUT2D eigenvalue weighted by Crippen LogP contribution is 2.32. The maximum Gasteiger partial charge on any atom is 0.417 e. The number of rotatable bonds is 5. The van der Waals surface area contributed by atoms with Crippen molar-refractivity contribution in [3.05, 3.63) is 29.8 Å². The maximum absolute atomic E-state index is 12.4. The fourth-order valence-electron chi connectivity index (χ4n) is 1.46. The normalized spacial score (nSPS) is 14.5. The number of hydrogen-bond donors (Lipinski definition) is 2. The van der Waals surface area contributed by atoms with E-state index in [1.165, 1.54) is 7.11 Å². The van der Waals surface area contributed by atoms with E-state index in [2.05, 4.69) is 5.32 Å². The number of carbonyl (C=O) groups is 1. The van der Waals surface area contributed by atoms with Crippen LogP contribution in [-0.4, -0.2) is 29.9 Å². The standard InChI is InChI=1S/C13H16F3NO3/c1-12(19,13(14,15)16)7-11(18)17-8-9-4-3-5-10(6-9)20-2/h3-6,19H,7-8H2,1-2H3,(H,17,18). The average molecular weight is 291 g/mol. The van der Waals surface area contributed by atoms with Crippen LogP contribution in [0, 0.1) is 0 Å². The number of aliphatic hydroxyl groups is 1. The largest absolute Gasteiger partial charge is 0.497 e. The third-order valence-electron chi connectivity index (χ3n) is 2.74. The van der Waals surface area contributed by atoms with Crippen LogP contribution < -0.4 is 10.1 Å². The predicted octanol–water partition coefficient (Wildman–Crippen LogP) is 2.01. The zero-order valence-electron chi connectivity index (χ0n) is 11.1. The van der Waals surface area contributed by atoms with Gasteiger partial charge in [0.25, 0.3) is 0 Å². The molecule has 1 unspecified atom stereocenters. The first-order chi connectivity index (χ1) is 9.15. The molecule has 2 N–H and O–H groups in total. The van der Waals surface area contributed by atoms with Crippen molar-refractivity contribution in [2.45, 2.75) is 31.7 Å². The highest BCUT2D eigenvalue weighted by atomic mass is 19.4. The van der Waals surface area contributed by atoms with Gasteiger partial charge in [0.05, 0.1) is 13.5 Å². The van der Waals surface area contributed by atoms with Crippen molar-refractivity contribution in [3.8, 4) is 5.75 Å². The molecule has 7 heteroatoms. The number of ether oxygens (including phenoxy) is 1. The third-order valence-corrected chi connectivity index (χ3v) is 2.74. The summed E-state index contributed by atoms with van der Waals surface area (Å²) in [6.07, 6.45) is -5.89. The van der Waals surface area contributed by atoms with Crippen LogP contribution in [0.4, 0.5) is 13.2 Å². The molecule has 0 aliphatic heterocycles. The van der Waals surface area contributed by atoms with Crippen LogP contribution in [0.1, 0.15) is 18.9 Å². The van der Waals surface area contributed by atoms with Gasteiger partial charge in [0.15, 0.2) is 5.60 Å². The monoisotopic (exact) mass is 291 g/mol. The van der Waals surface area contributed by atoms with E-state index in [-0.39, 0.29) is 6.54 Å². The summed E-state index contributed by atoms with van der Waals surface area (Å²) < 4.78 is 42.2. The minimum atomic E-state index is -4.85. The number of hydrogen-bond acceptors (Lipinski definition) is 3. The number of benzene rings is 1. The maximum atomic E-state index is 12.4. The summed E-state index contributed by atoms with van der Waals surface area (Å²) in [5.74, 6) is -0.297. The lowest BCUT2D eigenvalue weighted by molar-refractivity contribution is -0.253. The molecule has 1 rings (SSSR count). The van der Waals surface area contributed by atoms with Crippen LogP contribution in [-0.2, 0) is 11.3 Å². The number of carbonyl (C=O) groups excluding carboxylic acids is 1. The van der Waals surface area contributed by atoms with Crippen molar-refractivity contribution in [2.24, 2.45) is 0 Å². The van der Waals surface area contributed by atoms with E-state index in [1.807, 2.05) is 0 Å². The molecule has 1 aromatic rings. The Morgan fingerprint density at radius 1 is 1.40 bits per heavy atom. The summed E-state index contributed by atoms with van der Waals surface area (Å²) in [7, 11) is 1.48. The number of alkyl halides is 3. The summed E-state index contributed by atoms with van der Waals surface area (Å²) in [6.45, 7) is 0.627. The zero-order valence-corrected chi connectivity index (χ0v) is 11.1. The Morgan fingerprint density at radius 2 is 2.05 bits per heavy atom. The van der Waals surface area contributed by atoms with Crippen LogP contribution in [0.2, 0.25) is 0 Å². The van der Waals surface area contributed by atoms with E-state index >= 15 is 0 Å². The van der Waals surface area contributed by atoms with Crippen molar-refractivity contribution in [1.29, 1.82) is 0 Å². The third kappa shape index (κ3) is 4.41. The molecular formula is C13H16F3NO3. The average Bonchev–Trinajstić information content (AvgIpc) is 2.35. The van der Waals surface area contributed by atoms with Crippen molar-refractivity contribution in [1.82, 2.24) is 5.32 Å². The van der Waals surface area contributed by atoms with E-state index in [0.29, 0.717) is 18.2 Å². The summed E-state index contributed by atoms with van der Waals surface area (Å²) in [4.78, 5) is 11.4. The predicted molar refractivity (Wildman–Crippen MR) is 66.1 cm³/mol. The Kier molecular flexibility index (Phi) is 4.99. The molecular weight excluding hydrogens is 275 g/mol. The topological polar surface area (TPSA) is 58.6 Å². The van der Waals surface area contributed by atoms with Gasteiger partial charge in [-0.1, -0.05) is 12.1 Å². The van der Waals surface area contributed by atoms with E-state index < -0.39 is 24.1 Å². The van der Waals surface area contributed by atoms with Gasteiger partial charge in [0.2, 0.25) is 5.91 Å². The van der Waals surface area contributed by atoms with Crippen LogP contribution in [0.5, 0.6) is 5.75 Å². The van der Waals surface area contributed by atoms with E-state index in [1.54, 1.807) is 24.3 Å². The van der Waals surface area contributed by atoms with Gasteiger partial charge in [-0.25, -0.2) is 0 Å². The number of methoxy groups -OCH3 is 1. The van der Waals surface area contributed by atoms with Gasteiger partial charge in [-0.15, -0.1) is 0 Å². The molecule has 1 aromatic carbocycles. The van der Waals surface area contributed by atoms with Gasteiger partial charge < -0.3 is 15.2 Å². The Bertz CT molecular complexity index is 472. The first-order valence-electron chi connectivity index (χ1n) is 5.84. The number of amides is 1. The van der Waals surface area contributed by atoms with E-state index in [4.69, 9.17) is 4.74 Å². The van der Waals surface area contributed by atoms with Crippen LogP contribution in [0.15, 0.2) is 24.3 Å². The Morgan fingerprint density at radius 3 is 2.60 bits per heavy atom. The van der Waals surface area contributed by atoms with Crippen molar-refractivity contribution >= 4 is 5.91 Å². The second-order valence-electron chi connectivity index (χ2n) is 4.58. The molecule has 0 saturated carbocycles. The van der Waals surface area contributed by atoms with Crippen molar-refractivity contribution in [2.75, 3.05) is 7.11 Å². The van der Waals surface area contributed by atoms with Gasteiger partial charge in [-0.3, -0.25) is 4.79 Å². The van der Waals surface area contributed by atoms with Crippen LogP contribution in [0.3, 0.4) is 0 Å². The van der Waals surface area contributed by atoms with Gasteiger partial charge in [0.1, 0.15) is 5.75 Å². The van der Waals surface area contributed by atoms with Gasteiger partial charge in [0, 0.05) is 6.54 Å². The van der Waals surface area contributed by atoms with Gasteiger partial charge >= 0.3 is 6.18 Å². The van der Waals surface area contributed by atoms with Crippen molar-refractivity contribution in [3.63, 3.8) is 0 Å². The number of nitrogens with one attached hydrogen (secondary N) is 1. The fraction of sp³-hybridized carbons (Fsp3) is 0.462. The van der Waals surface area contributed by atoms with Crippen LogP contribution in [0.25, 0.3) is 0 Å². The first-order valence-corrected chi connectivity index (χ1v) is 5.84. The molecule has 0 aromatic heterocycles. The molecule has 0 bridgehead atoms. The quantitative estimate of drug-likeness (QED) is 0.872. The molecule has 0 spiro atoms. The smallest absolute Gasteiger partial charge is 0.417 e. The fourth-order valence-corrected chi connectivity index (χ4v) is 1.46. The molecule has 1 amide bonds. The Hall–Kier alpha value is -1.76. The molecule has 0 heterocycles. The molecule has 112 valence electrons. The highest BCUT2D eigenvalue weighted by molar-refractivity contribution is 5.77. The minimum absolute atomic E-state index is 0.0595. The summed E-state index contributed by atoms with van der Waals surface area (Å²) in [5, 5.41) is 11.5. The molecule has 0 aliphatic rings. The highest BCUT2D eigenvalue weighted by Gasteiger charge is 2.50. The van der Waals surface area contributed by atoms with Gasteiger partial charge in [-0.2, -0.15) is 13.2 Å². The van der Waals surface area contributed by atoms with Crippen molar-refractivity contribution < 1.29 is 27.8 Å². The summed E-state index contributed by atoms with van der Waals surface area (Å²) in [5.41, 5.74) is -2.35. The molecule has 1 atom stereocenters. The Labute approximate surface area is 114 Å². The number of halogens is 3. The second-order valence-corrected chi connectivity index (χ2v) is 4.58. The lowest BCUT2D eigenvalue weighted by atomic mass is 10.0. The Balaban J connectivity index is 2.55. The molecule has 20 heavy (non-hydrogen) atoms. The van der Waals surface area contributed by atoms with E-state index in [9.17, 15) is 23.1 Å². The molecule has 0 fully saturated rings. The summed E-state index contributed by atoms with van der Waals surface area (Å²) >= 11 is 0. The zero-order chi connectivity index (χ0) is 15.4. The molecule has 0 saturated heterocycles. The van der Waals surface area contributed by atoms with E-state index in [0.717, 1.165) is 0 Å². The lowest BCUT2D eigenvalue weighted by Crippen LogP contribution is -2.46. The molecule has 0 radical (unpaired) electrons. The first kappa shape index (κ1) is 16.3. The minimum Gasteiger partial charge on any atom is -0.497 e. The summed E-state index contributed by atoms with van der Waals surface area (Å²) in [6, 6.07) is 6.76. The van der Waals surface area contributed by atoms with Crippen LogP contribution >= 0.6 is 0 Å². The SMILES string of the molecule is COc1cccc(CNC(=O)CC(C)(O)C(F)(F)F)c1. The molecule has 4 nitrogen and oxygen atoms in total. The lowest BCUT2D eigenvalue weighted by Gasteiger charge is -2.25. The second kappa shape index (κ2) is 6.13.